The highest BCUT2D eigenvalue weighted by atomic mass is 32.2. The number of aryl methyl sites for hydroxylation is 1. The van der Waals surface area contributed by atoms with Crippen molar-refractivity contribution in [2.75, 3.05) is 20.0 Å². The lowest BCUT2D eigenvalue weighted by atomic mass is 10.1. The van der Waals surface area contributed by atoms with Crippen molar-refractivity contribution in [1.29, 1.82) is 0 Å². The molecular formula is C17H21NO2S. The fourth-order valence-corrected chi connectivity index (χ4v) is 3.04. The topological polar surface area (TPSA) is 44.5 Å². The van der Waals surface area contributed by atoms with Gasteiger partial charge in [-0.1, -0.05) is 17.7 Å². The fraction of sp³-hybridized carbons (Fsp3) is 0.294. The van der Waals surface area contributed by atoms with Gasteiger partial charge in [0.05, 0.1) is 14.2 Å². The molecule has 2 N–H and O–H groups in total. The molecule has 0 aliphatic heterocycles. The van der Waals surface area contributed by atoms with Gasteiger partial charge in [-0.3, -0.25) is 0 Å². The lowest BCUT2D eigenvalue weighted by molar-refractivity contribution is 0.393. The largest absolute Gasteiger partial charge is 0.497 e. The van der Waals surface area contributed by atoms with Gasteiger partial charge in [-0.05, 0) is 36.8 Å². The van der Waals surface area contributed by atoms with Crippen LogP contribution in [0, 0.1) is 6.92 Å². The van der Waals surface area contributed by atoms with Crippen molar-refractivity contribution in [3.8, 4) is 11.5 Å². The molecule has 4 heteroatoms. The summed E-state index contributed by atoms with van der Waals surface area (Å²) >= 11 is 1.76. The van der Waals surface area contributed by atoms with Crippen molar-refractivity contribution in [2.24, 2.45) is 5.73 Å². The summed E-state index contributed by atoms with van der Waals surface area (Å²) in [4.78, 5) is 1.24. The average molecular weight is 303 g/mol. The van der Waals surface area contributed by atoms with Crippen LogP contribution in [-0.4, -0.2) is 20.0 Å². The van der Waals surface area contributed by atoms with Gasteiger partial charge in [-0.15, -0.1) is 11.8 Å². The average Bonchev–Trinajstić information content (AvgIpc) is 2.52. The standard InChI is InChI=1S/C17H21NO2S/c1-12-5-4-6-16(7-12)21-11-17(18)13-8-14(19-2)10-15(9-13)20-3/h4-10,17H,11,18H2,1-3H3. The zero-order chi connectivity index (χ0) is 15.2. The Morgan fingerprint density at radius 3 is 2.29 bits per heavy atom. The minimum atomic E-state index is -0.0699. The Labute approximate surface area is 130 Å². The molecule has 1 atom stereocenters. The van der Waals surface area contributed by atoms with E-state index in [1.165, 1.54) is 10.5 Å². The van der Waals surface area contributed by atoms with Crippen LogP contribution in [0.5, 0.6) is 11.5 Å². The first kappa shape index (κ1) is 15.7. The monoisotopic (exact) mass is 303 g/mol. The Hall–Kier alpha value is -1.65. The number of thioether (sulfide) groups is 1. The van der Waals surface area contributed by atoms with Crippen molar-refractivity contribution in [2.45, 2.75) is 17.9 Å². The molecule has 2 aromatic carbocycles. The van der Waals surface area contributed by atoms with Crippen molar-refractivity contribution >= 4 is 11.8 Å². The summed E-state index contributed by atoms with van der Waals surface area (Å²) in [5.74, 6) is 2.33. The molecule has 112 valence electrons. The van der Waals surface area contributed by atoms with E-state index in [2.05, 4.69) is 31.2 Å². The summed E-state index contributed by atoms with van der Waals surface area (Å²) in [6.45, 7) is 2.09. The van der Waals surface area contributed by atoms with E-state index in [4.69, 9.17) is 15.2 Å². The van der Waals surface area contributed by atoms with E-state index in [9.17, 15) is 0 Å². The third-order valence-corrected chi connectivity index (χ3v) is 4.33. The number of ether oxygens (including phenoxy) is 2. The van der Waals surface area contributed by atoms with Crippen molar-refractivity contribution in [1.82, 2.24) is 0 Å². The number of nitrogens with two attached hydrogens (primary N) is 1. The first-order valence-corrected chi connectivity index (χ1v) is 7.79. The smallest absolute Gasteiger partial charge is 0.122 e. The Balaban J connectivity index is 2.07. The predicted octanol–water partition coefficient (Wildman–Crippen LogP) is 3.80. The molecule has 0 aliphatic carbocycles. The van der Waals surface area contributed by atoms with E-state index >= 15 is 0 Å². The minimum absolute atomic E-state index is 0.0699. The van der Waals surface area contributed by atoms with Gasteiger partial charge in [0.2, 0.25) is 0 Å². The van der Waals surface area contributed by atoms with Gasteiger partial charge < -0.3 is 15.2 Å². The molecular weight excluding hydrogens is 282 g/mol. The van der Waals surface area contributed by atoms with Gasteiger partial charge in [0.25, 0.3) is 0 Å². The van der Waals surface area contributed by atoms with Crippen LogP contribution in [0.2, 0.25) is 0 Å². The maximum absolute atomic E-state index is 6.30. The highest BCUT2D eigenvalue weighted by molar-refractivity contribution is 7.99. The highest BCUT2D eigenvalue weighted by Crippen LogP contribution is 2.29. The molecule has 1 unspecified atom stereocenters. The molecule has 0 saturated carbocycles. The highest BCUT2D eigenvalue weighted by Gasteiger charge is 2.10. The fourth-order valence-electron chi connectivity index (χ4n) is 2.03. The Morgan fingerprint density at radius 1 is 1.05 bits per heavy atom. The van der Waals surface area contributed by atoms with Crippen molar-refractivity contribution in [3.63, 3.8) is 0 Å². The second-order valence-corrected chi connectivity index (χ2v) is 5.97. The number of hydrogen-bond donors (Lipinski definition) is 1. The molecule has 21 heavy (non-hydrogen) atoms. The Bertz CT molecular complexity index is 579. The van der Waals surface area contributed by atoms with Crippen molar-refractivity contribution < 1.29 is 9.47 Å². The van der Waals surface area contributed by atoms with Gasteiger partial charge in [0, 0.05) is 22.8 Å². The van der Waals surface area contributed by atoms with Crippen LogP contribution in [0.3, 0.4) is 0 Å². The van der Waals surface area contributed by atoms with E-state index in [0.29, 0.717) is 0 Å². The normalized spacial score (nSPS) is 12.0. The third-order valence-electron chi connectivity index (χ3n) is 3.22. The van der Waals surface area contributed by atoms with Crippen molar-refractivity contribution in [3.05, 3.63) is 53.6 Å². The van der Waals surface area contributed by atoms with Crippen LogP contribution in [0.4, 0.5) is 0 Å². The molecule has 2 aromatic rings. The van der Waals surface area contributed by atoms with E-state index in [-0.39, 0.29) is 6.04 Å². The van der Waals surface area contributed by atoms with Gasteiger partial charge in [0.15, 0.2) is 0 Å². The van der Waals surface area contributed by atoms with Crippen LogP contribution >= 0.6 is 11.8 Å². The summed E-state index contributed by atoms with van der Waals surface area (Å²) in [6.07, 6.45) is 0. The van der Waals surface area contributed by atoms with Crippen LogP contribution in [-0.2, 0) is 0 Å². The molecule has 2 rings (SSSR count). The lowest BCUT2D eigenvalue weighted by Crippen LogP contribution is -2.13. The maximum Gasteiger partial charge on any atom is 0.122 e. The molecule has 0 aromatic heterocycles. The van der Waals surface area contributed by atoms with Gasteiger partial charge in [-0.2, -0.15) is 0 Å². The molecule has 0 spiro atoms. The van der Waals surface area contributed by atoms with Crippen LogP contribution in [0.15, 0.2) is 47.4 Å². The summed E-state index contributed by atoms with van der Waals surface area (Å²) in [5.41, 5.74) is 8.58. The molecule has 0 amide bonds. The summed E-state index contributed by atoms with van der Waals surface area (Å²) in [6, 6.07) is 14.1. The summed E-state index contributed by atoms with van der Waals surface area (Å²) in [5, 5.41) is 0. The van der Waals surface area contributed by atoms with Crippen LogP contribution in [0.25, 0.3) is 0 Å². The van der Waals surface area contributed by atoms with Crippen LogP contribution < -0.4 is 15.2 Å². The van der Waals surface area contributed by atoms with E-state index in [1.54, 1.807) is 26.0 Å². The summed E-state index contributed by atoms with van der Waals surface area (Å²) < 4.78 is 10.6. The van der Waals surface area contributed by atoms with E-state index in [0.717, 1.165) is 22.8 Å². The van der Waals surface area contributed by atoms with E-state index < -0.39 is 0 Å². The van der Waals surface area contributed by atoms with E-state index in [1.807, 2.05) is 18.2 Å². The number of benzene rings is 2. The minimum Gasteiger partial charge on any atom is -0.497 e. The molecule has 0 aliphatic rings. The lowest BCUT2D eigenvalue weighted by Gasteiger charge is -2.14. The van der Waals surface area contributed by atoms with Gasteiger partial charge >= 0.3 is 0 Å². The summed E-state index contributed by atoms with van der Waals surface area (Å²) in [7, 11) is 3.29. The zero-order valence-electron chi connectivity index (χ0n) is 12.6. The van der Waals surface area contributed by atoms with Gasteiger partial charge in [-0.25, -0.2) is 0 Å². The quantitative estimate of drug-likeness (QED) is 0.824. The van der Waals surface area contributed by atoms with Crippen LogP contribution in [0.1, 0.15) is 17.2 Å². The SMILES string of the molecule is COc1cc(OC)cc(C(N)CSc2cccc(C)c2)c1. The molecule has 0 fully saturated rings. The predicted molar refractivity (Wildman–Crippen MR) is 88.4 cm³/mol. The second-order valence-electron chi connectivity index (χ2n) is 4.88. The molecule has 0 saturated heterocycles. The molecule has 0 radical (unpaired) electrons. The van der Waals surface area contributed by atoms with Gasteiger partial charge in [0.1, 0.15) is 11.5 Å². The second kappa shape index (κ2) is 7.38. The zero-order valence-corrected chi connectivity index (χ0v) is 13.4. The molecule has 0 bridgehead atoms. The number of methoxy groups -OCH3 is 2. The molecule has 0 heterocycles. The first-order valence-electron chi connectivity index (χ1n) is 6.80. The Kier molecular flexibility index (Phi) is 5.53. The first-order chi connectivity index (χ1) is 10.1. The Morgan fingerprint density at radius 2 is 1.71 bits per heavy atom. The number of hydrogen-bond acceptors (Lipinski definition) is 4. The molecule has 3 nitrogen and oxygen atoms in total. The number of rotatable bonds is 6. The third kappa shape index (κ3) is 4.41. The maximum atomic E-state index is 6.30.